The highest BCUT2D eigenvalue weighted by molar-refractivity contribution is 8.26. The lowest BCUT2D eigenvalue weighted by Gasteiger charge is -2.22. The molecule has 2 aliphatic rings. The van der Waals surface area contributed by atoms with E-state index in [9.17, 15) is 9.59 Å². The molecule has 0 aromatic heterocycles. The number of ether oxygens (including phenoxy) is 2. The molecule has 6 nitrogen and oxygen atoms in total. The zero-order chi connectivity index (χ0) is 22.9. The van der Waals surface area contributed by atoms with Crippen LogP contribution in [0, 0.1) is 0 Å². The molecule has 8 heteroatoms. The number of carbonyl (C=O) groups excluding carboxylic acids is 2. The van der Waals surface area contributed by atoms with E-state index in [4.69, 9.17) is 21.7 Å². The molecule has 1 aromatic carbocycles. The number of unbranched alkanes of at least 4 members (excludes halogenated alkanes) is 2. The average molecular weight is 477 g/mol. The molecule has 2 amide bonds. The summed E-state index contributed by atoms with van der Waals surface area (Å²) in [6, 6.07) is 5.90. The van der Waals surface area contributed by atoms with Crippen LogP contribution in [0.15, 0.2) is 23.1 Å². The van der Waals surface area contributed by atoms with E-state index in [0.29, 0.717) is 39.7 Å². The first-order chi connectivity index (χ1) is 15.5. The molecule has 1 N–H and O–H groups in total. The van der Waals surface area contributed by atoms with E-state index in [0.717, 1.165) is 37.7 Å². The van der Waals surface area contributed by atoms with Gasteiger partial charge in [-0.05, 0) is 49.5 Å². The Bertz CT molecular complexity index is 866. The maximum Gasteiger partial charge on any atom is 0.266 e. The summed E-state index contributed by atoms with van der Waals surface area (Å²) < 4.78 is 11.2. The van der Waals surface area contributed by atoms with Gasteiger partial charge in [0.2, 0.25) is 5.91 Å². The van der Waals surface area contributed by atoms with Gasteiger partial charge < -0.3 is 14.8 Å². The molecule has 1 aliphatic heterocycles. The zero-order valence-electron chi connectivity index (χ0n) is 18.9. The van der Waals surface area contributed by atoms with Crippen molar-refractivity contribution in [3.8, 4) is 11.5 Å². The first-order valence-corrected chi connectivity index (χ1v) is 12.5. The number of carbonyl (C=O) groups is 2. The van der Waals surface area contributed by atoms with E-state index < -0.39 is 0 Å². The molecule has 2 fully saturated rings. The van der Waals surface area contributed by atoms with Gasteiger partial charge in [-0.2, -0.15) is 0 Å². The molecule has 0 atom stereocenters. The quantitative estimate of drug-likeness (QED) is 0.294. The number of methoxy groups -OCH3 is 2. The fraction of sp³-hybridized carbons (Fsp3) is 0.542. The zero-order valence-corrected chi connectivity index (χ0v) is 20.5. The second-order valence-corrected chi connectivity index (χ2v) is 9.84. The first kappa shape index (κ1) is 24.6. The number of rotatable bonds is 10. The second kappa shape index (κ2) is 12.3. The Hall–Kier alpha value is -2.06. The minimum atomic E-state index is -0.0650. The molecule has 1 heterocycles. The van der Waals surface area contributed by atoms with Gasteiger partial charge in [-0.25, -0.2) is 0 Å². The van der Waals surface area contributed by atoms with Crippen LogP contribution in [0.2, 0.25) is 0 Å². The highest BCUT2D eigenvalue weighted by Crippen LogP contribution is 2.34. The number of amides is 2. The molecule has 1 aromatic rings. The van der Waals surface area contributed by atoms with E-state index in [2.05, 4.69) is 5.32 Å². The maximum absolute atomic E-state index is 12.8. The number of hydrogen-bond acceptors (Lipinski definition) is 6. The van der Waals surface area contributed by atoms with Crippen molar-refractivity contribution in [2.75, 3.05) is 20.8 Å². The lowest BCUT2D eigenvalue weighted by atomic mass is 9.95. The molecular weight excluding hydrogens is 444 g/mol. The predicted octanol–water partition coefficient (Wildman–Crippen LogP) is 4.91. The van der Waals surface area contributed by atoms with Crippen molar-refractivity contribution < 1.29 is 19.1 Å². The number of benzene rings is 1. The Morgan fingerprint density at radius 3 is 2.62 bits per heavy atom. The fourth-order valence-electron chi connectivity index (χ4n) is 4.07. The van der Waals surface area contributed by atoms with Gasteiger partial charge in [-0.1, -0.05) is 55.7 Å². The van der Waals surface area contributed by atoms with E-state index in [1.807, 2.05) is 24.3 Å². The van der Waals surface area contributed by atoms with Gasteiger partial charge in [-0.3, -0.25) is 14.5 Å². The highest BCUT2D eigenvalue weighted by Gasteiger charge is 2.31. The Balaban J connectivity index is 1.44. The van der Waals surface area contributed by atoms with Gasteiger partial charge in [0.15, 0.2) is 11.5 Å². The van der Waals surface area contributed by atoms with Crippen LogP contribution in [-0.2, 0) is 9.59 Å². The maximum atomic E-state index is 12.8. The van der Waals surface area contributed by atoms with Crippen molar-refractivity contribution >= 4 is 46.2 Å². The van der Waals surface area contributed by atoms with E-state index in [-0.39, 0.29) is 11.8 Å². The molecule has 0 unspecified atom stereocenters. The van der Waals surface area contributed by atoms with Crippen molar-refractivity contribution in [3.05, 3.63) is 28.7 Å². The normalized spacial score (nSPS) is 18.3. The van der Waals surface area contributed by atoms with E-state index in [1.165, 1.54) is 31.0 Å². The van der Waals surface area contributed by atoms with Gasteiger partial charge in [0, 0.05) is 19.0 Å². The van der Waals surface area contributed by atoms with Gasteiger partial charge in [0.05, 0.1) is 19.1 Å². The van der Waals surface area contributed by atoms with Crippen molar-refractivity contribution in [3.63, 3.8) is 0 Å². The predicted molar refractivity (Wildman–Crippen MR) is 133 cm³/mol. The number of thiocarbonyl (C=S) groups is 1. The van der Waals surface area contributed by atoms with Gasteiger partial charge in [-0.15, -0.1) is 0 Å². The summed E-state index contributed by atoms with van der Waals surface area (Å²) in [6.07, 6.45) is 10.9. The molecule has 1 saturated carbocycles. The Kier molecular flexibility index (Phi) is 9.41. The summed E-state index contributed by atoms with van der Waals surface area (Å²) in [5, 5.41) is 3.16. The van der Waals surface area contributed by atoms with Crippen LogP contribution in [0.5, 0.6) is 11.5 Å². The molecular formula is C24H32N2O4S2. The van der Waals surface area contributed by atoms with E-state index >= 15 is 0 Å². The van der Waals surface area contributed by atoms with Crippen molar-refractivity contribution in [1.29, 1.82) is 0 Å². The van der Waals surface area contributed by atoms with Crippen LogP contribution in [0.3, 0.4) is 0 Å². The van der Waals surface area contributed by atoms with Crippen LogP contribution >= 0.6 is 24.0 Å². The molecule has 3 rings (SSSR count). The van der Waals surface area contributed by atoms with Crippen LogP contribution in [0.4, 0.5) is 0 Å². The number of hydrogen-bond donors (Lipinski definition) is 1. The van der Waals surface area contributed by atoms with Gasteiger partial charge in [0.25, 0.3) is 5.91 Å². The van der Waals surface area contributed by atoms with Crippen LogP contribution < -0.4 is 14.8 Å². The molecule has 174 valence electrons. The lowest BCUT2D eigenvalue weighted by molar-refractivity contribution is -0.123. The van der Waals surface area contributed by atoms with Crippen molar-refractivity contribution in [2.45, 2.75) is 63.8 Å². The lowest BCUT2D eigenvalue weighted by Crippen LogP contribution is -2.36. The number of nitrogens with one attached hydrogen (secondary N) is 1. The summed E-state index contributed by atoms with van der Waals surface area (Å²) in [5.41, 5.74) is 0.854. The molecule has 0 spiro atoms. The topological polar surface area (TPSA) is 67.9 Å². The summed E-state index contributed by atoms with van der Waals surface area (Å²) in [4.78, 5) is 27.2. The first-order valence-electron chi connectivity index (χ1n) is 11.3. The van der Waals surface area contributed by atoms with E-state index in [1.54, 1.807) is 19.1 Å². The highest BCUT2D eigenvalue weighted by atomic mass is 32.2. The Labute approximate surface area is 200 Å². The smallest absolute Gasteiger partial charge is 0.266 e. The standard InChI is InChI=1S/C24H32N2O4S2/c1-29-19-13-12-17(15-20(19)30-2)16-21-23(28)26(24(31)32-21)14-8-4-7-11-22(27)25-18-9-5-3-6-10-18/h12-13,15-16,18H,3-11,14H2,1-2H3,(H,25,27)/b21-16-. The van der Waals surface area contributed by atoms with Gasteiger partial charge in [0.1, 0.15) is 4.32 Å². The molecule has 1 saturated heterocycles. The second-order valence-electron chi connectivity index (χ2n) is 8.16. The van der Waals surface area contributed by atoms with Crippen LogP contribution in [0.1, 0.15) is 63.4 Å². The largest absolute Gasteiger partial charge is 0.493 e. The average Bonchev–Trinajstić information content (AvgIpc) is 3.06. The fourth-order valence-corrected chi connectivity index (χ4v) is 5.37. The molecule has 0 radical (unpaired) electrons. The van der Waals surface area contributed by atoms with Crippen LogP contribution in [-0.4, -0.2) is 47.8 Å². The summed E-state index contributed by atoms with van der Waals surface area (Å²) in [6.45, 7) is 0.582. The minimum Gasteiger partial charge on any atom is -0.493 e. The molecule has 1 aliphatic carbocycles. The Morgan fingerprint density at radius 2 is 1.91 bits per heavy atom. The number of nitrogens with zero attached hydrogens (tertiary/aromatic N) is 1. The third-order valence-electron chi connectivity index (χ3n) is 5.83. The van der Waals surface area contributed by atoms with Crippen LogP contribution in [0.25, 0.3) is 6.08 Å². The third kappa shape index (κ3) is 6.72. The minimum absolute atomic E-state index is 0.0650. The molecule has 0 bridgehead atoms. The summed E-state index contributed by atoms with van der Waals surface area (Å²) >= 11 is 6.75. The monoisotopic (exact) mass is 476 g/mol. The van der Waals surface area contributed by atoms with Crippen molar-refractivity contribution in [2.24, 2.45) is 0 Å². The van der Waals surface area contributed by atoms with Gasteiger partial charge >= 0.3 is 0 Å². The van der Waals surface area contributed by atoms with Crippen molar-refractivity contribution in [1.82, 2.24) is 10.2 Å². The molecule has 32 heavy (non-hydrogen) atoms. The summed E-state index contributed by atoms with van der Waals surface area (Å²) in [5.74, 6) is 1.35. The summed E-state index contributed by atoms with van der Waals surface area (Å²) in [7, 11) is 3.17. The Morgan fingerprint density at radius 1 is 1.16 bits per heavy atom. The third-order valence-corrected chi connectivity index (χ3v) is 7.21. The SMILES string of the molecule is COc1ccc(/C=C2\SC(=S)N(CCCCCC(=O)NC3CCCCC3)C2=O)cc1OC. The number of thioether (sulfide) groups is 1.